The maximum absolute atomic E-state index is 11.3. The van der Waals surface area contributed by atoms with Gasteiger partial charge >= 0.3 is 0 Å². The van der Waals surface area contributed by atoms with Crippen molar-refractivity contribution in [2.45, 2.75) is 27.2 Å². The number of aryl methyl sites for hydroxylation is 2. The molecule has 2 rings (SSSR count). The molecule has 0 atom stereocenters. The average molecular weight is 245 g/mol. The Labute approximate surface area is 106 Å². The van der Waals surface area contributed by atoms with Gasteiger partial charge in [0.25, 0.3) is 0 Å². The van der Waals surface area contributed by atoms with E-state index >= 15 is 0 Å². The Morgan fingerprint density at radius 2 is 2.06 bits per heavy atom. The lowest BCUT2D eigenvalue weighted by atomic mass is 10.0. The van der Waals surface area contributed by atoms with Crippen LogP contribution in [0.5, 0.6) is 0 Å². The van der Waals surface area contributed by atoms with Crippen LogP contribution >= 0.6 is 12.2 Å². The molecule has 3 heteroatoms. The summed E-state index contributed by atoms with van der Waals surface area (Å²) < 4.78 is 0.801. The third-order valence-corrected chi connectivity index (χ3v) is 3.45. The van der Waals surface area contributed by atoms with E-state index in [4.69, 9.17) is 12.2 Å². The van der Waals surface area contributed by atoms with Gasteiger partial charge in [0.05, 0.1) is 4.51 Å². The van der Waals surface area contributed by atoms with Gasteiger partial charge in [0.1, 0.15) is 5.78 Å². The van der Waals surface area contributed by atoms with Crippen molar-refractivity contribution in [3.05, 3.63) is 39.5 Å². The summed E-state index contributed by atoms with van der Waals surface area (Å²) in [5.74, 6) is 0.139. The predicted molar refractivity (Wildman–Crippen MR) is 73.0 cm³/mol. The predicted octanol–water partition coefficient (Wildman–Crippen LogP) is 3.65. The number of para-hydroxylation sites is 1. The average Bonchev–Trinajstić information content (AvgIpc) is 2.26. The molecule has 1 aromatic carbocycles. The number of hydrogen-bond acceptors (Lipinski definition) is 2. The van der Waals surface area contributed by atoms with E-state index in [0.717, 1.165) is 26.7 Å². The van der Waals surface area contributed by atoms with Gasteiger partial charge < -0.3 is 4.98 Å². The summed E-state index contributed by atoms with van der Waals surface area (Å²) in [6, 6.07) is 6.05. The number of hydrogen-bond donors (Lipinski definition) is 1. The van der Waals surface area contributed by atoms with Gasteiger partial charge in [-0.15, -0.1) is 0 Å². The van der Waals surface area contributed by atoms with Crippen LogP contribution in [0.4, 0.5) is 0 Å². The number of nitrogens with one attached hydrogen (secondary N) is 1. The highest BCUT2D eigenvalue weighted by molar-refractivity contribution is 7.71. The van der Waals surface area contributed by atoms with Crippen molar-refractivity contribution in [1.29, 1.82) is 0 Å². The van der Waals surface area contributed by atoms with Crippen LogP contribution in [0, 0.1) is 18.4 Å². The molecule has 88 valence electrons. The van der Waals surface area contributed by atoms with E-state index in [9.17, 15) is 4.79 Å². The topological polar surface area (TPSA) is 32.9 Å². The van der Waals surface area contributed by atoms with Gasteiger partial charge in [-0.2, -0.15) is 0 Å². The first-order chi connectivity index (χ1) is 8.00. The zero-order valence-corrected chi connectivity index (χ0v) is 11.1. The number of carbonyl (C=O) groups is 1. The summed E-state index contributed by atoms with van der Waals surface area (Å²) in [5, 5.41) is 1.03. The van der Waals surface area contributed by atoms with Crippen molar-refractivity contribution < 1.29 is 4.79 Å². The summed E-state index contributed by atoms with van der Waals surface area (Å²) >= 11 is 5.49. The molecule has 0 saturated heterocycles. The molecule has 0 radical (unpaired) electrons. The van der Waals surface area contributed by atoms with Crippen molar-refractivity contribution in [3.8, 4) is 0 Å². The van der Waals surface area contributed by atoms with Gasteiger partial charge in [0.15, 0.2) is 0 Å². The van der Waals surface area contributed by atoms with Gasteiger partial charge in [-0.1, -0.05) is 30.4 Å². The minimum Gasteiger partial charge on any atom is -0.358 e. The van der Waals surface area contributed by atoms with E-state index in [1.54, 1.807) is 6.92 Å². The molecule has 2 nitrogen and oxygen atoms in total. The fraction of sp³-hybridized carbons (Fsp3) is 0.286. The van der Waals surface area contributed by atoms with E-state index in [1.165, 1.54) is 5.56 Å². The molecular weight excluding hydrogens is 230 g/mol. The van der Waals surface area contributed by atoms with E-state index in [0.29, 0.717) is 6.42 Å². The van der Waals surface area contributed by atoms with Gasteiger partial charge in [-0.05, 0) is 31.9 Å². The molecule has 1 aromatic heterocycles. The summed E-state index contributed by atoms with van der Waals surface area (Å²) in [5.41, 5.74) is 4.19. The van der Waals surface area contributed by atoms with E-state index in [2.05, 4.69) is 18.0 Å². The number of pyridine rings is 1. The first-order valence-corrected chi connectivity index (χ1v) is 6.02. The van der Waals surface area contributed by atoms with Crippen molar-refractivity contribution in [2.75, 3.05) is 0 Å². The fourth-order valence-corrected chi connectivity index (χ4v) is 2.48. The lowest BCUT2D eigenvalue weighted by Crippen LogP contribution is -2.02. The number of aromatic amines is 1. The van der Waals surface area contributed by atoms with E-state index in [-0.39, 0.29) is 5.78 Å². The summed E-state index contributed by atoms with van der Waals surface area (Å²) in [6.45, 7) is 5.62. The highest BCUT2D eigenvalue weighted by Crippen LogP contribution is 2.22. The zero-order chi connectivity index (χ0) is 12.6. The molecule has 0 saturated carbocycles. The smallest absolute Gasteiger partial charge is 0.134 e. The van der Waals surface area contributed by atoms with Gasteiger partial charge in [0.2, 0.25) is 0 Å². The van der Waals surface area contributed by atoms with Gasteiger partial charge in [0, 0.05) is 23.0 Å². The van der Waals surface area contributed by atoms with Crippen molar-refractivity contribution in [3.63, 3.8) is 0 Å². The molecule has 0 aliphatic carbocycles. The molecule has 1 N–H and O–H groups in total. The van der Waals surface area contributed by atoms with Crippen LogP contribution in [0.25, 0.3) is 10.9 Å². The van der Waals surface area contributed by atoms with E-state index in [1.807, 2.05) is 19.1 Å². The molecule has 17 heavy (non-hydrogen) atoms. The molecule has 0 spiro atoms. The number of ketones is 1. The van der Waals surface area contributed by atoms with Crippen LogP contribution in [-0.2, 0) is 11.2 Å². The van der Waals surface area contributed by atoms with Crippen molar-refractivity contribution >= 4 is 28.9 Å². The second kappa shape index (κ2) is 4.41. The first kappa shape index (κ1) is 12.0. The standard InChI is InChI=1S/C14H15NOS/c1-8-5-4-6-11-13(8)15-10(3)12(14(11)17)7-9(2)16/h4-6H,7H2,1-3H3,(H,15,17). The molecule has 0 unspecified atom stereocenters. The lowest BCUT2D eigenvalue weighted by Gasteiger charge is -2.10. The van der Waals surface area contributed by atoms with Crippen LogP contribution in [0.15, 0.2) is 18.2 Å². The van der Waals surface area contributed by atoms with Crippen LogP contribution < -0.4 is 0 Å². The number of benzene rings is 1. The second-order valence-electron chi connectivity index (χ2n) is 4.43. The Kier molecular flexibility index (Phi) is 3.11. The zero-order valence-electron chi connectivity index (χ0n) is 10.3. The van der Waals surface area contributed by atoms with Gasteiger partial charge in [-0.3, -0.25) is 4.79 Å². The number of H-pyrrole nitrogens is 1. The Balaban J connectivity index is 2.81. The Hall–Kier alpha value is -1.48. The minimum absolute atomic E-state index is 0.139. The number of rotatable bonds is 2. The molecule has 0 fully saturated rings. The number of fused-ring (bicyclic) bond motifs is 1. The van der Waals surface area contributed by atoms with Crippen molar-refractivity contribution in [1.82, 2.24) is 4.98 Å². The lowest BCUT2D eigenvalue weighted by molar-refractivity contribution is -0.116. The quantitative estimate of drug-likeness (QED) is 0.819. The molecule has 0 bridgehead atoms. The van der Waals surface area contributed by atoms with E-state index < -0.39 is 0 Å². The van der Waals surface area contributed by atoms with Crippen LogP contribution in [0.1, 0.15) is 23.7 Å². The Morgan fingerprint density at radius 1 is 1.35 bits per heavy atom. The Morgan fingerprint density at radius 3 is 2.71 bits per heavy atom. The molecule has 2 aromatic rings. The maximum Gasteiger partial charge on any atom is 0.134 e. The second-order valence-corrected chi connectivity index (χ2v) is 4.84. The number of Topliss-reactive ketones (excluding diaryl/α,β-unsaturated/α-hetero) is 1. The highest BCUT2D eigenvalue weighted by Gasteiger charge is 2.09. The Bertz CT molecular complexity index is 655. The normalized spacial score (nSPS) is 10.8. The first-order valence-electron chi connectivity index (χ1n) is 5.61. The third-order valence-electron chi connectivity index (χ3n) is 2.98. The summed E-state index contributed by atoms with van der Waals surface area (Å²) in [6.07, 6.45) is 0.408. The van der Waals surface area contributed by atoms with Gasteiger partial charge in [-0.25, -0.2) is 0 Å². The van der Waals surface area contributed by atoms with Crippen LogP contribution in [-0.4, -0.2) is 10.8 Å². The number of carbonyl (C=O) groups excluding carboxylic acids is 1. The fourth-order valence-electron chi connectivity index (χ4n) is 2.08. The minimum atomic E-state index is 0.139. The number of aromatic nitrogens is 1. The SMILES string of the molecule is CC(=O)Cc1c(C)[nH]c2c(C)cccc2c1=S. The van der Waals surface area contributed by atoms with Crippen LogP contribution in [0.3, 0.4) is 0 Å². The summed E-state index contributed by atoms with van der Waals surface area (Å²) in [7, 11) is 0. The maximum atomic E-state index is 11.3. The monoisotopic (exact) mass is 245 g/mol. The largest absolute Gasteiger partial charge is 0.358 e. The summed E-state index contributed by atoms with van der Waals surface area (Å²) in [4.78, 5) is 14.6. The molecule has 0 aliphatic rings. The molecule has 1 heterocycles. The molecular formula is C14H15NOS. The third kappa shape index (κ3) is 2.15. The van der Waals surface area contributed by atoms with Crippen LogP contribution in [0.2, 0.25) is 0 Å². The molecule has 0 amide bonds. The highest BCUT2D eigenvalue weighted by atomic mass is 32.1. The van der Waals surface area contributed by atoms with Crippen molar-refractivity contribution in [2.24, 2.45) is 0 Å². The molecule has 0 aliphatic heterocycles.